The Hall–Kier alpha value is -1.84. The van der Waals surface area contributed by atoms with Crippen LogP contribution in [0.2, 0.25) is 0 Å². The second-order valence-corrected chi connectivity index (χ2v) is 4.36. The Morgan fingerprint density at radius 3 is 2.83 bits per heavy atom. The molecule has 1 saturated heterocycles. The minimum Gasteiger partial charge on any atom is -0.444 e. The maximum absolute atomic E-state index is 13.6. The van der Waals surface area contributed by atoms with Crippen LogP contribution >= 0.6 is 0 Å². The number of alkyl halides is 1. The van der Waals surface area contributed by atoms with Gasteiger partial charge in [0.1, 0.15) is 6.61 Å². The van der Waals surface area contributed by atoms with Crippen LogP contribution in [0.3, 0.4) is 0 Å². The summed E-state index contributed by atoms with van der Waals surface area (Å²) in [5.74, 6) is 0.0178. The highest BCUT2D eigenvalue weighted by Gasteiger charge is 2.34. The first-order chi connectivity index (χ1) is 8.70. The van der Waals surface area contributed by atoms with Gasteiger partial charge in [0.05, 0.1) is 0 Å². The maximum Gasteiger partial charge on any atom is 0.412 e. The lowest BCUT2D eigenvalue weighted by Gasteiger charge is -2.18. The molecule has 0 bridgehead atoms. The number of carbonyl (C=O) groups excluding carboxylic acids is 1. The van der Waals surface area contributed by atoms with Gasteiger partial charge in [0.2, 0.25) is 0 Å². The molecule has 3 nitrogen and oxygen atoms in total. The Bertz CT molecular complexity index is 421. The van der Waals surface area contributed by atoms with Gasteiger partial charge in [0.15, 0.2) is 6.30 Å². The average Bonchev–Trinajstić information content (AvgIpc) is 2.78. The van der Waals surface area contributed by atoms with Crippen LogP contribution in [0, 0.1) is 5.92 Å². The summed E-state index contributed by atoms with van der Waals surface area (Å²) >= 11 is 0. The Morgan fingerprint density at radius 1 is 1.50 bits per heavy atom. The fourth-order valence-corrected chi connectivity index (χ4v) is 1.98. The quantitative estimate of drug-likeness (QED) is 0.608. The van der Waals surface area contributed by atoms with Crippen LogP contribution < -0.4 is 0 Å². The molecule has 4 heteroatoms. The van der Waals surface area contributed by atoms with Crippen molar-refractivity contribution in [3.63, 3.8) is 0 Å². The number of rotatable bonds is 3. The van der Waals surface area contributed by atoms with E-state index in [-0.39, 0.29) is 12.5 Å². The van der Waals surface area contributed by atoms with Gasteiger partial charge in [-0.3, -0.25) is 4.90 Å². The van der Waals surface area contributed by atoms with E-state index in [9.17, 15) is 9.18 Å². The van der Waals surface area contributed by atoms with Gasteiger partial charge in [0, 0.05) is 13.0 Å². The normalized spacial score (nSPS) is 22.8. The summed E-state index contributed by atoms with van der Waals surface area (Å²) in [5, 5.41) is 0. The van der Waals surface area contributed by atoms with E-state index in [0.717, 1.165) is 10.5 Å². The van der Waals surface area contributed by atoms with Gasteiger partial charge in [-0.25, -0.2) is 9.18 Å². The Kier molecular flexibility index (Phi) is 3.97. The number of hydrogen-bond acceptors (Lipinski definition) is 2. The highest BCUT2D eigenvalue weighted by Crippen LogP contribution is 2.25. The summed E-state index contributed by atoms with van der Waals surface area (Å²) < 4.78 is 18.7. The van der Waals surface area contributed by atoms with Crippen LogP contribution in [0.5, 0.6) is 0 Å². The molecule has 2 unspecified atom stereocenters. The molecule has 0 aromatic heterocycles. The van der Waals surface area contributed by atoms with Crippen molar-refractivity contribution in [1.82, 2.24) is 4.90 Å². The largest absolute Gasteiger partial charge is 0.444 e. The topological polar surface area (TPSA) is 29.5 Å². The minimum atomic E-state index is -1.27. The fourth-order valence-electron chi connectivity index (χ4n) is 1.98. The van der Waals surface area contributed by atoms with E-state index in [1.165, 1.54) is 0 Å². The SMILES string of the molecule is C=CC1CC(F)N(C(=O)OCc2ccccc2)C1. The molecule has 0 N–H and O–H groups in total. The summed E-state index contributed by atoms with van der Waals surface area (Å²) in [7, 11) is 0. The predicted octanol–water partition coefficient (Wildman–Crippen LogP) is 3.13. The number of hydrogen-bond donors (Lipinski definition) is 0. The molecular weight excluding hydrogens is 233 g/mol. The first-order valence-corrected chi connectivity index (χ1v) is 5.94. The molecule has 1 amide bonds. The predicted molar refractivity (Wildman–Crippen MR) is 66.5 cm³/mol. The number of nitrogens with zero attached hydrogens (tertiary/aromatic N) is 1. The summed E-state index contributed by atoms with van der Waals surface area (Å²) in [6.07, 6.45) is 0.119. The van der Waals surface area contributed by atoms with E-state index in [1.807, 2.05) is 30.3 Å². The van der Waals surface area contributed by atoms with E-state index in [2.05, 4.69) is 6.58 Å². The van der Waals surface area contributed by atoms with E-state index < -0.39 is 12.4 Å². The lowest BCUT2D eigenvalue weighted by molar-refractivity contribution is 0.0640. The molecule has 2 rings (SSSR count). The molecule has 18 heavy (non-hydrogen) atoms. The molecule has 1 fully saturated rings. The molecule has 96 valence electrons. The molecule has 1 aliphatic heterocycles. The minimum absolute atomic E-state index is 0.0178. The zero-order valence-corrected chi connectivity index (χ0v) is 10.1. The first kappa shape index (κ1) is 12.6. The number of ether oxygens (including phenoxy) is 1. The fraction of sp³-hybridized carbons (Fsp3) is 0.357. The van der Waals surface area contributed by atoms with Crippen LogP contribution in [0.4, 0.5) is 9.18 Å². The van der Waals surface area contributed by atoms with Gasteiger partial charge in [-0.05, 0) is 11.5 Å². The highest BCUT2D eigenvalue weighted by molar-refractivity contribution is 5.68. The molecular formula is C14H16FNO2. The molecule has 0 spiro atoms. The molecule has 0 saturated carbocycles. The monoisotopic (exact) mass is 249 g/mol. The number of carbonyl (C=O) groups is 1. The van der Waals surface area contributed by atoms with E-state index >= 15 is 0 Å². The lowest BCUT2D eigenvalue weighted by atomic mass is 10.1. The molecule has 1 aromatic carbocycles. The summed E-state index contributed by atoms with van der Waals surface area (Å²) in [6, 6.07) is 9.33. The number of halogens is 1. The van der Waals surface area contributed by atoms with E-state index in [1.54, 1.807) is 6.08 Å². The van der Waals surface area contributed by atoms with Gasteiger partial charge in [-0.1, -0.05) is 36.4 Å². The van der Waals surface area contributed by atoms with E-state index in [4.69, 9.17) is 4.74 Å². The van der Waals surface area contributed by atoms with Gasteiger partial charge in [-0.15, -0.1) is 6.58 Å². The maximum atomic E-state index is 13.6. The number of likely N-dealkylation sites (tertiary alicyclic amines) is 1. The average molecular weight is 249 g/mol. The molecule has 2 atom stereocenters. The molecule has 1 heterocycles. The van der Waals surface area contributed by atoms with Crippen LogP contribution in [0.1, 0.15) is 12.0 Å². The van der Waals surface area contributed by atoms with Crippen molar-refractivity contribution in [2.45, 2.75) is 19.3 Å². The molecule has 1 aliphatic rings. The van der Waals surface area contributed by atoms with Crippen molar-refractivity contribution in [2.24, 2.45) is 5.92 Å². The number of benzene rings is 1. The zero-order chi connectivity index (χ0) is 13.0. The first-order valence-electron chi connectivity index (χ1n) is 5.94. The van der Waals surface area contributed by atoms with Crippen molar-refractivity contribution in [1.29, 1.82) is 0 Å². The van der Waals surface area contributed by atoms with Gasteiger partial charge >= 0.3 is 6.09 Å². The number of amides is 1. The Labute approximate surface area is 106 Å². The van der Waals surface area contributed by atoms with Crippen molar-refractivity contribution in [3.05, 3.63) is 48.6 Å². The van der Waals surface area contributed by atoms with Crippen molar-refractivity contribution in [3.8, 4) is 0 Å². The summed E-state index contributed by atoms with van der Waals surface area (Å²) in [4.78, 5) is 12.8. The Morgan fingerprint density at radius 2 is 2.22 bits per heavy atom. The molecule has 1 aromatic rings. The third kappa shape index (κ3) is 2.88. The third-order valence-electron chi connectivity index (χ3n) is 3.04. The van der Waals surface area contributed by atoms with E-state index in [0.29, 0.717) is 13.0 Å². The van der Waals surface area contributed by atoms with Crippen LogP contribution in [0.25, 0.3) is 0 Å². The highest BCUT2D eigenvalue weighted by atomic mass is 19.1. The molecule has 0 radical (unpaired) electrons. The Balaban J connectivity index is 1.87. The second-order valence-electron chi connectivity index (χ2n) is 4.36. The second kappa shape index (κ2) is 5.67. The van der Waals surface area contributed by atoms with Crippen molar-refractivity contribution < 1.29 is 13.9 Å². The van der Waals surface area contributed by atoms with Gasteiger partial charge in [-0.2, -0.15) is 0 Å². The van der Waals surface area contributed by atoms with Crippen molar-refractivity contribution in [2.75, 3.05) is 6.54 Å². The lowest BCUT2D eigenvalue weighted by Crippen LogP contribution is -2.33. The molecule has 0 aliphatic carbocycles. The smallest absolute Gasteiger partial charge is 0.412 e. The van der Waals surface area contributed by atoms with Crippen LogP contribution in [-0.2, 0) is 11.3 Å². The van der Waals surface area contributed by atoms with Crippen LogP contribution in [0.15, 0.2) is 43.0 Å². The summed E-state index contributed by atoms with van der Waals surface area (Å²) in [6.45, 7) is 4.13. The summed E-state index contributed by atoms with van der Waals surface area (Å²) in [5.41, 5.74) is 0.890. The van der Waals surface area contributed by atoms with Gasteiger partial charge in [0.25, 0.3) is 0 Å². The van der Waals surface area contributed by atoms with Crippen LogP contribution in [-0.4, -0.2) is 23.8 Å². The third-order valence-corrected chi connectivity index (χ3v) is 3.04. The standard InChI is InChI=1S/C14H16FNO2/c1-2-11-8-13(15)16(9-11)14(17)18-10-12-6-4-3-5-7-12/h2-7,11,13H,1,8-10H2. The van der Waals surface area contributed by atoms with Crippen molar-refractivity contribution >= 4 is 6.09 Å². The van der Waals surface area contributed by atoms with Gasteiger partial charge < -0.3 is 4.74 Å². The zero-order valence-electron chi connectivity index (χ0n) is 10.1.